The van der Waals surface area contributed by atoms with Gasteiger partial charge in [-0.3, -0.25) is 0 Å². The minimum Gasteiger partial charge on any atom is -0.497 e. The minimum absolute atomic E-state index is 0.127. The Morgan fingerprint density at radius 1 is 1.07 bits per heavy atom. The van der Waals surface area contributed by atoms with Crippen molar-refractivity contribution in [2.75, 3.05) is 20.3 Å². The smallest absolute Gasteiger partial charge is 0.158 e. The fourth-order valence-electron chi connectivity index (χ4n) is 2.58. The molecule has 2 aromatic rings. The highest BCUT2D eigenvalue weighted by Gasteiger charge is 2.12. The van der Waals surface area contributed by atoms with Crippen LogP contribution in [0.3, 0.4) is 0 Å². The first-order valence-corrected chi connectivity index (χ1v) is 8.97. The molecule has 1 heterocycles. The maximum atomic E-state index is 5.63. The zero-order valence-electron chi connectivity index (χ0n) is 15.4. The third-order valence-corrected chi connectivity index (χ3v) is 4.03. The van der Waals surface area contributed by atoms with Crippen molar-refractivity contribution < 1.29 is 14.2 Å². The van der Waals surface area contributed by atoms with Crippen LogP contribution in [0.2, 0.25) is 0 Å². The van der Waals surface area contributed by atoms with Crippen LogP contribution in [0.5, 0.6) is 5.75 Å². The van der Waals surface area contributed by atoms with E-state index in [2.05, 4.69) is 27.8 Å². The lowest BCUT2D eigenvalue weighted by Gasteiger charge is -2.21. The van der Waals surface area contributed by atoms with Crippen LogP contribution in [0.4, 0.5) is 11.4 Å². The number of para-hydroxylation sites is 1. The fourth-order valence-corrected chi connectivity index (χ4v) is 2.58. The molecule has 0 spiro atoms. The number of ether oxygens (including phenoxy) is 3. The molecule has 0 aromatic heterocycles. The zero-order chi connectivity index (χ0) is 18.7. The fraction of sp³-hybridized carbons (Fsp3) is 0.318. The molecule has 5 nitrogen and oxygen atoms in total. The van der Waals surface area contributed by atoms with Crippen LogP contribution in [0, 0.1) is 11.8 Å². The van der Waals surface area contributed by atoms with Crippen molar-refractivity contribution >= 4 is 17.4 Å². The molecule has 1 saturated heterocycles. The Bertz CT molecular complexity index is 853. The number of aliphatic imine (C=N–C) groups is 2. The molecule has 0 N–H and O–H groups in total. The van der Waals surface area contributed by atoms with E-state index >= 15 is 0 Å². The molecule has 3 rings (SSSR count). The summed E-state index contributed by atoms with van der Waals surface area (Å²) >= 11 is 0. The third-order valence-electron chi connectivity index (χ3n) is 4.03. The van der Waals surface area contributed by atoms with Crippen LogP contribution in [-0.4, -0.2) is 32.6 Å². The zero-order valence-corrected chi connectivity index (χ0v) is 15.4. The third kappa shape index (κ3) is 6.09. The van der Waals surface area contributed by atoms with Gasteiger partial charge in [-0.25, -0.2) is 0 Å². The summed E-state index contributed by atoms with van der Waals surface area (Å²) in [6.45, 7) is 1.10. The van der Waals surface area contributed by atoms with Gasteiger partial charge in [0.05, 0.1) is 24.0 Å². The predicted molar refractivity (Wildman–Crippen MR) is 105 cm³/mol. The molecule has 1 unspecified atom stereocenters. The summed E-state index contributed by atoms with van der Waals surface area (Å²) in [6.07, 6.45) is 3.06. The van der Waals surface area contributed by atoms with Gasteiger partial charge in [0, 0.05) is 6.61 Å². The van der Waals surface area contributed by atoms with Crippen molar-refractivity contribution in [1.82, 2.24) is 0 Å². The second kappa shape index (κ2) is 10.3. The van der Waals surface area contributed by atoms with E-state index in [-0.39, 0.29) is 6.29 Å². The Morgan fingerprint density at radius 3 is 2.70 bits per heavy atom. The first-order valence-electron chi connectivity index (χ1n) is 8.97. The van der Waals surface area contributed by atoms with Crippen molar-refractivity contribution in [3.8, 4) is 17.6 Å². The van der Waals surface area contributed by atoms with E-state index in [1.165, 1.54) is 0 Å². The van der Waals surface area contributed by atoms with Gasteiger partial charge in [-0.2, -0.15) is 9.98 Å². The van der Waals surface area contributed by atoms with Gasteiger partial charge in [0.25, 0.3) is 0 Å². The summed E-state index contributed by atoms with van der Waals surface area (Å²) in [6, 6.07) is 17.7. The van der Waals surface area contributed by atoms with Crippen LogP contribution >= 0.6 is 0 Å². The summed E-state index contributed by atoms with van der Waals surface area (Å²) in [7, 11) is 1.63. The molecule has 0 amide bonds. The molecule has 1 aliphatic heterocycles. The van der Waals surface area contributed by atoms with Gasteiger partial charge in [0.1, 0.15) is 18.4 Å². The molecule has 1 atom stereocenters. The Hall–Kier alpha value is -2.90. The first kappa shape index (κ1) is 18.9. The van der Waals surface area contributed by atoms with Gasteiger partial charge in [-0.1, -0.05) is 24.0 Å². The van der Waals surface area contributed by atoms with Crippen molar-refractivity contribution in [3.05, 3.63) is 54.1 Å². The predicted octanol–water partition coefficient (Wildman–Crippen LogP) is 4.73. The van der Waals surface area contributed by atoms with E-state index in [0.29, 0.717) is 6.61 Å². The van der Waals surface area contributed by atoms with Gasteiger partial charge < -0.3 is 14.2 Å². The molecule has 1 fully saturated rings. The Balaban J connectivity index is 1.63. The van der Waals surface area contributed by atoms with Crippen molar-refractivity contribution in [3.63, 3.8) is 0 Å². The van der Waals surface area contributed by atoms with E-state index in [1.807, 2.05) is 48.5 Å². The molecule has 5 heteroatoms. The lowest BCUT2D eigenvalue weighted by Crippen LogP contribution is -2.22. The molecule has 138 valence electrons. The summed E-state index contributed by atoms with van der Waals surface area (Å²) in [5.74, 6) is 6.90. The molecular weight excluding hydrogens is 340 g/mol. The van der Waals surface area contributed by atoms with E-state index in [9.17, 15) is 0 Å². The normalized spacial score (nSPS) is 15.8. The van der Waals surface area contributed by atoms with Crippen molar-refractivity contribution in [1.29, 1.82) is 0 Å². The van der Waals surface area contributed by atoms with Crippen LogP contribution in [0.15, 0.2) is 58.5 Å². The first-order chi connectivity index (χ1) is 13.3. The lowest BCUT2D eigenvalue weighted by atomic mass is 10.2. The number of nitrogens with zero attached hydrogens (tertiary/aromatic N) is 2. The highest BCUT2D eigenvalue weighted by atomic mass is 16.7. The summed E-state index contributed by atoms with van der Waals surface area (Å²) in [4.78, 5) is 8.51. The van der Waals surface area contributed by atoms with Crippen LogP contribution in [0.25, 0.3) is 0 Å². The largest absolute Gasteiger partial charge is 0.497 e. The Morgan fingerprint density at radius 2 is 1.93 bits per heavy atom. The van der Waals surface area contributed by atoms with Crippen LogP contribution in [0.1, 0.15) is 24.8 Å². The quantitative estimate of drug-likeness (QED) is 0.571. The van der Waals surface area contributed by atoms with Gasteiger partial charge in [-0.05, 0) is 55.7 Å². The average Bonchev–Trinajstić information content (AvgIpc) is 2.73. The lowest BCUT2D eigenvalue weighted by molar-refractivity contribution is -0.154. The molecule has 1 aliphatic rings. The second-order valence-electron chi connectivity index (χ2n) is 5.95. The summed E-state index contributed by atoms with van der Waals surface area (Å²) < 4.78 is 16.3. The van der Waals surface area contributed by atoms with E-state index in [1.54, 1.807) is 7.11 Å². The molecule has 0 bridgehead atoms. The topological polar surface area (TPSA) is 52.4 Å². The summed E-state index contributed by atoms with van der Waals surface area (Å²) in [5.41, 5.74) is 2.28. The average molecular weight is 362 g/mol. The van der Waals surface area contributed by atoms with Gasteiger partial charge in [-0.15, -0.1) is 0 Å². The van der Waals surface area contributed by atoms with Gasteiger partial charge in [0.2, 0.25) is 0 Å². The van der Waals surface area contributed by atoms with Gasteiger partial charge >= 0.3 is 0 Å². The Kier molecular flexibility index (Phi) is 7.20. The Labute approximate surface area is 159 Å². The number of rotatable bonds is 5. The van der Waals surface area contributed by atoms with Crippen LogP contribution < -0.4 is 4.74 Å². The molecule has 0 saturated carbocycles. The van der Waals surface area contributed by atoms with E-state index < -0.39 is 0 Å². The number of hydrogen-bond acceptors (Lipinski definition) is 5. The number of benzene rings is 2. The highest BCUT2D eigenvalue weighted by molar-refractivity contribution is 5.63. The molecule has 0 radical (unpaired) electrons. The second-order valence-corrected chi connectivity index (χ2v) is 5.95. The van der Waals surface area contributed by atoms with E-state index in [4.69, 9.17) is 14.2 Å². The SMILES string of the molecule is COc1ccc(N=C=Nc2ccccc2C#CCOC2CCCCO2)cc1. The molecule has 27 heavy (non-hydrogen) atoms. The highest BCUT2D eigenvalue weighted by Crippen LogP contribution is 2.19. The molecule has 0 aliphatic carbocycles. The maximum absolute atomic E-state index is 5.63. The minimum atomic E-state index is -0.127. The maximum Gasteiger partial charge on any atom is 0.158 e. The van der Waals surface area contributed by atoms with Crippen LogP contribution in [-0.2, 0) is 9.47 Å². The van der Waals surface area contributed by atoms with Crippen molar-refractivity contribution in [2.24, 2.45) is 9.98 Å². The molecule has 2 aromatic carbocycles. The van der Waals surface area contributed by atoms with E-state index in [0.717, 1.165) is 48.6 Å². The van der Waals surface area contributed by atoms with Crippen molar-refractivity contribution in [2.45, 2.75) is 25.6 Å². The monoisotopic (exact) mass is 362 g/mol. The standard InChI is InChI=1S/C22H22N2O3/c1-25-20-13-11-19(12-14-20)23-17-24-21-9-3-2-7-18(21)8-6-16-27-22-10-4-5-15-26-22/h2-3,7,9,11-14,22H,4-5,10,15-16H2,1H3. The molecular formula is C22H22N2O3. The number of hydrogen-bond donors (Lipinski definition) is 0. The summed E-state index contributed by atoms with van der Waals surface area (Å²) in [5, 5.41) is 0. The van der Waals surface area contributed by atoms with Gasteiger partial charge in [0.15, 0.2) is 6.29 Å². The number of methoxy groups -OCH3 is 1.